The molecule has 2 rings (SSSR count). The van der Waals surface area contributed by atoms with E-state index in [0.29, 0.717) is 34.7 Å². The van der Waals surface area contributed by atoms with E-state index in [2.05, 4.69) is 15.9 Å². The lowest BCUT2D eigenvalue weighted by Gasteiger charge is -2.35. The molecule has 0 aromatic heterocycles. The zero-order valence-corrected chi connectivity index (χ0v) is 14.6. The molecule has 1 aliphatic heterocycles. The van der Waals surface area contributed by atoms with Crippen molar-refractivity contribution >= 4 is 21.8 Å². The fraction of sp³-hybridized carbons (Fsp3) is 0.562. The number of piperidine rings is 1. The van der Waals surface area contributed by atoms with Crippen LogP contribution in [0.3, 0.4) is 0 Å². The molecule has 1 saturated heterocycles. The van der Waals surface area contributed by atoms with Gasteiger partial charge in [-0.25, -0.2) is 0 Å². The fourth-order valence-corrected chi connectivity index (χ4v) is 3.37. The molecule has 6 heteroatoms. The first-order chi connectivity index (χ1) is 10.6. The van der Waals surface area contributed by atoms with Gasteiger partial charge in [-0.05, 0) is 54.2 Å². The molecule has 22 heavy (non-hydrogen) atoms. The van der Waals surface area contributed by atoms with Gasteiger partial charge in [-0.1, -0.05) is 0 Å². The van der Waals surface area contributed by atoms with Gasteiger partial charge in [-0.2, -0.15) is 0 Å². The molecule has 1 amide bonds. The summed E-state index contributed by atoms with van der Waals surface area (Å²) in [5.41, 5.74) is 0.532. The third-order valence-electron chi connectivity index (χ3n) is 3.90. The molecule has 1 aromatic carbocycles. The molecule has 1 fully saturated rings. The van der Waals surface area contributed by atoms with E-state index in [1.54, 1.807) is 24.1 Å². The maximum Gasteiger partial charge on any atom is 0.255 e. The Morgan fingerprint density at radius 1 is 1.45 bits per heavy atom. The number of hydrogen-bond donors (Lipinski definition) is 1. The van der Waals surface area contributed by atoms with Crippen molar-refractivity contribution in [3.63, 3.8) is 0 Å². The molecule has 1 heterocycles. The van der Waals surface area contributed by atoms with Crippen LogP contribution < -0.4 is 9.47 Å². The Labute approximate surface area is 139 Å². The predicted octanol–water partition coefficient (Wildman–Crippen LogP) is 2.84. The van der Waals surface area contributed by atoms with Crippen LogP contribution in [-0.4, -0.2) is 48.8 Å². The zero-order chi connectivity index (χ0) is 16.1. The van der Waals surface area contributed by atoms with Crippen molar-refractivity contribution < 1.29 is 19.4 Å². The highest BCUT2D eigenvalue weighted by atomic mass is 79.9. The van der Waals surface area contributed by atoms with Crippen molar-refractivity contribution in [2.45, 2.75) is 32.2 Å². The van der Waals surface area contributed by atoms with Crippen LogP contribution in [-0.2, 0) is 0 Å². The van der Waals surface area contributed by atoms with Crippen molar-refractivity contribution in [3.05, 3.63) is 22.2 Å². The van der Waals surface area contributed by atoms with E-state index in [-0.39, 0.29) is 18.6 Å². The predicted molar refractivity (Wildman–Crippen MR) is 87.6 cm³/mol. The van der Waals surface area contributed by atoms with Crippen LogP contribution in [0.2, 0.25) is 0 Å². The summed E-state index contributed by atoms with van der Waals surface area (Å²) in [7, 11) is 1.57. The first-order valence-corrected chi connectivity index (χ1v) is 8.34. The van der Waals surface area contributed by atoms with E-state index in [9.17, 15) is 9.90 Å². The minimum atomic E-state index is -0.106. The van der Waals surface area contributed by atoms with Crippen molar-refractivity contribution in [2.24, 2.45) is 0 Å². The van der Waals surface area contributed by atoms with Crippen LogP contribution in [0.15, 0.2) is 16.6 Å². The second-order valence-electron chi connectivity index (χ2n) is 5.22. The van der Waals surface area contributed by atoms with Crippen LogP contribution in [0.1, 0.15) is 36.5 Å². The topological polar surface area (TPSA) is 59.0 Å². The van der Waals surface area contributed by atoms with Crippen LogP contribution in [0, 0.1) is 0 Å². The van der Waals surface area contributed by atoms with E-state index in [0.717, 1.165) is 19.3 Å². The maximum atomic E-state index is 12.8. The van der Waals surface area contributed by atoms with Crippen LogP contribution >= 0.6 is 15.9 Å². The van der Waals surface area contributed by atoms with Gasteiger partial charge < -0.3 is 19.5 Å². The minimum Gasteiger partial charge on any atom is -0.493 e. The fourth-order valence-electron chi connectivity index (χ4n) is 2.76. The van der Waals surface area contributed by atoms with Crippen molar-refractivity contribution in [1.29, 1.82) is 0 Å². The Morgan fingerprint density at radius 2 is 2.23 bits per heavy atom. The molecule has 0 radical (unpaired) electrons. The summed E-state index contributed by atoms with van der Waals surface area (Å²) in [5, 5.41) is 9.50. The molecule has 0 spiro atoms. The lowest BCUT2D eigenvalue weighted by atomic mass is 10.0. The monoisotopic (exact) mass is 371 g/mol. The lowest BCUT2D eigenvalue weighted by molar-refractivity contribution is 0.0501. The SMILES string of the molecule is CCOc1c(OC)ccc(C(=O)N2CCCCC2CO)c1Br. The highest BCUT2D eigenvalue weighted by molar-refractivity contribution is 9.10. The quantitative estimate of drug-likeness (QED) is 0.864. The first-order valence-electron chi connectivity index (χ1n) is 7.55. The summed E-state index contributed by atoms with van der Waals surface area (Å²) in [5.74, 6) is 1.03. The van der Waals surface area contributed by atoms with Gasteiger partial charge in [0.25, 0.3) is 5.91 Å². The largest absolute Gasteiger partial charge is 0.493 e. The van der Waals surface area contributed by atoms with E-state index in [4.69, 9.17) is 9.47 Å². The second kappa shape index (κ2) is 7.83. The number of likely N-dealkylation sites (tertiary alicyclic amines) is 1. The molecule has 5 nitrogen and oxygen atoms in total. The summed E-state index contributed by atoms with van der Waals surface area (Å²) in [6, 6.07) is 3.36. The number of ether oxygens (including phenoxy) is 2. The molecule has 1 atom stereocenters. The van der Waals surface area contributed by atoms with Gasteiger partial charge in [-0.15, -0.1) is 0 Å². The van der Waals surface area contributed by atoms with Gasteiger partial charge in [0.15, 0.2) is 11.5 Å². The van der Waals surface area contributed by atoms with Crippen molar-refractivity contribution in [1.82, 2.24) is 4.90 Å². The Morgan fingerprint density at radius 3 is 2.86 bits per heavy atom. The number of benzene rings is 1. The number of amides is 1. The molecule has 1 aromatic rings. The average molecular weight is 372 g/mol. The Hall–Kier alpha value is -1.27. The van der Waals surface area contributed by atoms with Gasteiger partial charge in [-0.3, -0.25) is 4.79 Å². The molecule has 0 bridgehead atoms. The standard InChI is InChI=1S/C16H22BrNO4/c1-3-22-15-13(21-2)8-7-12(14(15)17)16(20)18-9-5-4-6-11(18)10-19/h7-8,11,19H,3-6,9-10H2,1-2H3. The zero-order valence-electron chi connectivity index (χ0n) is 13.0. The van der Waals surface area contributed by atoms with E-state index < -0.39 is 0 Å². The molecule has 0 aliphatic carbocycles. The summed E-state index contributed by atoms with van der Waals surface area (Å²) in [6.45, 7) is 3.03. The maximum absolute atomic E-state index is 12.8. The van der Waals surface area contributed by atoms with Gasteiger partial charge in [0.2, 0.25) is 0 Å². The number of rotatable bonds is 5. The molecule has 1 unspecified atom stereocenters. The van der Waals surface area contributed by atoms with Crippen LogP contribution in [0.5, 0.6) is 11.5 Å². The average Bonchev–Trinajstić information content (AvgIpc) is 2.56. The summed E-state index contributed by atoms with van der Waals surface area (Å²) in [4.78, 5) is 14.6. The highest BCUT2D eigenvalue weighted by Crippen LogP contribution is 2.38. The highest BCUT2D eigenvalue weighted by Gasteiger charge is 2.29. The number of carbonyl (C=O) groups is 1. The first kappa shape index (κ1) is 17.1. The van der Waals surface area contributed by atoms with Crippen molar-refractivity contribution in [3.8, 4) is 11.5 Å². The van der Waals surface area contributed by atoms with Gasteiger partial charge in [0.1, 0.15) is 0 Å². The third kappa shape index (κ3) is 3.38. The normalized spacial score (nSPS) is 18.2. The molecule has 1 N–H and O–H groups in total. The summed E-state index contributed by atoms with van der Waals surface area (Å²) >= 11 is 3.47. The summed E-state index contributed by atoms with van der Waals surface area (Å²) < 4.78 is 11.5. The number of carbonyl (C=O) groups excluding carboxylic acids is 1. The molecule has 0 saturated carbocycles. The number of aliphatic hydroxyl groups excluding tert-OH is 1. The smallest absolute Gasteiger partial charge is 0.255 e. The van der Waals surface area contributed by atoms with Crippen LogP contribution in [0.25, 0.3) is 0 Å². The Balaban J connectivity index is 2.34. The van der Waals surface area contributed by atoms with E-state index in [1.165, 1.54) is 0 Å². The van der Waals surface area contributed by atoms with Crippen molar-refractivity contribution in [2.75, 3.05) is 26.9 Å². The molecule has 1 aliphatic rings. The molecular formula is C16H22BrNO4. The van der Waals surface area contributed by atoms with E-state index >= 15 is 0 Å². The number of aliphatic hydroxyl groups is 1. The minimum absolute atomic E-state index is 0.00215. The van der Waals surface area contributed by atoms with E-state index in [1.807, 2.05) is 6.92 Å². The number of methoxy groups -OCH3 is 1. The number of nitrogens with zero attached hydrogens (tertiary/aromatic N) is 1. The van der Waals surface area contributed by atoms with Crippen LogP contribution in [0.4, 0.5) is 0 Å². The van der Waals surface area contributed by atoms with Gasteiger partial charge >= 0.3 is 0 Å². The lowest BCUT2D eigenvalue weighted by Crippen LogP contribution is -2.45. The third-order valence-corrected chi connectivity index (χ3v) is 4.69. The molecular weight excluding hydrogens is 350 g/mol. The number of hydrogen-bond acceptors (Lipinski definition) is 4. The Kier molecular flexibility index (Phi) is 6.08. The number of halogens is 1. The van der Waals surface area contributed by atoms with Gasteiger partial charge in [0, 0.05) is 6.54 Å². The molecule has 122 valence electrons. The summed E-state index contributed by atoms with van der Waals surface area (Å²) in [6.07, 6.45) is 2.85. The second-order valence-corrected chi connectivity index (χ2v) is 6.02. The van der Waals surface area contributed by atoms with Gasteiger partial charge in [0.05, 0.1) is 36.4 Å². The Bertz CT molecular complexity index is 535.